The molecule has 5 heteroatoms. The molecule has 1 aliphatic rings. The van der Waals surface area contributed by atoms with E-state index in [1.807, 2.05) is 13.0 Å². The molecule has 2 unspecified atom stereocenters. The number of furan rings is 1. The Morgan fingerprint density at radius 1 is 1.24 bits per heavy atom. The lowest BCUT2D eigenvalue weighted by molar-refractivity contribution is 0.0735. The second-order valence-electron chi connectivity index (χ2n) is 6.43. The summed E-state index contributed by atoms with van der Waals surface area (Å²) in [5, 5.41) is 0. The highest BCUT2D eigenvalue weighted by Crippen LogP contribution is 2.26. The molecular formula is C16H30N4O. The van der Waals surface area contributed by atoms with Gasteiger partial charge in [-0.1, -0.05) is 0 Å². The average Bonchev–Trinajstić information content (AvgIpc) is 2.84. The fraction of sp³-hybridized carbons (Fsp3) is 0.750. The van der Waals surface area contributed by atoms with Gasteiger partial charge < -0.3 is 15.1 Å². The molecule has 0 amide bonds. The van der Waals surface area contributed by atoms with Crippen LogP contribution in [0.2, 0.25) is 0 Å². The van der Waals surface area contributed by atoms with Crippen molar-refractivity contribution < 1.29 is 4.42 Å². The Kier molecular flexibility index (Phi) is 5.81. The molecule has 0 aliphatic carbocycles. The van der Waals surface area contributed by atoms with Crippen LogP contribution < -0.4 is 5.73 Å². The largest absolute Gasteiger partial charge is 0.465 e. The minimum absolute atomic E-state index is 0.0730. The number of hydrogen-bond donors (Lipinski definition) is 1. The van der Waals surface area contributed by atoms with Crippen LogP contribution in [-0.4, -0.2) is 74.1 Å². The van der Waals surface area contributed by atoms with Gasteiger partial charge in [-0.05, 0) is 40.1 Å². The fourth-order valence-electron chi connectivity index (χ4n) is 2.99. The van der Waals surface area contributed by atoms with E-state index in [4.69, 9.17) is 10.2 Å². The molecule has 21 heavy (non-hydrogen) atoms. The first-order valence-electron chi connectivity index (χ1n) is 7.90. The van der Waals surface area contributed by atoms with Gasteiger partial charge in [-0.15, -0.1) is 0 Å². The monoisotopic (exact) mass is 294 g/mol. The van der Waals surface area contributed by atoms with Crippen LogP contribution in [-0.2, 0) is 0 Å². The topological polar surface area (TPSA) is 48.9 Å². The molecule has 1 aromatic rings. The lowest BCUT2D eigenvalue weighted by Gasteiger charge is -2.40. The highest BCUT2D eigenvalue weighted by molar-refractivity contribution is 5.12. The summed E-state index contributed by atoms with van der Waals surface area (Å²) >= 11 is 0. The van der Waals surface area contributed by atoms with Gasteiger partial charge in [0.15, 0.2) is 0 Å². The SMILES string of the molecule is Cc1ccc(C(C(C)N)N2CCN(CCN(C)C)CC2)o1. The van der Waals surface area contributed by atoms with Crippen molar-refractivity contribution in [2.45, 2.75) is 25.9 Å². The molecule has 1 aromatic heterocycles. The highest BCUT2D eigenvalue weighted by atomic mass is 16.3. The molecule has 2 atom stereocenters. The molecule has 0 bridgehead atoms. The molecule has 0 spiro atoms. The predicted molar refractivity (Wildman–Crippen MR) is 86.4 cm³/mol. The first kappa shape index (κ1) is 16.5. The van der Waals surface area contributed by atoms with E-state index in [1.54, 1.807) is 0 Å². The molecule has 1 fully saturated rings. The van der Waals surface area contributed by atoms with Crippen LogP contribution in [0.1, 0.15) is 24.5 Å². The number of nitrogens with two attached hydrogens (primary N) is 1. The molecule has 0 saturated carbocycles. The third-order valence-corrected chi connectivity index (χ3v) is 4.21. The van der Waals surface area contributed by atoms with Crippen molar-refractivity contribution in [2.75, 3.05) is 53.4 Å². The van der Waals surface area contributed by atoms with Crippen molar-refractivity contribution in [3.63, 3.8) is 0 Å². The summed E-state index contributed by atoms with van der Waals surface area (Å²) in [7, 11) is 4.25. The molecule has 1 aliphatic heterocycles. The summed E-state index contributed by atoms with van der Waals surface area (Å²) in [5.74, 6) is 1.96. The van der Waals surface area contributed by atoms with E-state index in [-0.39, 0.29) is 12.1 Å². The van der Waals surface area contributed by atoms with E-state index in [0.29, 0.717) is 0 Å². The van der Waals surface area contributed by atoms with Gasteiger partial charge in [0.05, 0.1) is 6.04 Å². The van der Waals surface area contributed by atoms with Gasteiger partial charge in [0.25, 0.3) is 0 Å². The third-order valence-electron chi connectivity index (χ3n) is 4.21. The Hall–Kier alpha value is -0.880. The van der Waals surface area contributed by atoms with E-state index < -0.39 is 0 Å². The van der Waals surface area contributed by atoms with E-state index in [0.717, 1.165) is 50.8 Å². The number of hydrogen-bond acceptors (Lipinski definition) is 5. The standard InChI is InChI=1S/C16H30N4O/c1-13-5-6-15(21-13)16(14(2)17)20-11-9-19(10-12-20)8-7-18(3)4/h5-6,14,16H,7-12,17H2,1-4H3. The van der Waals surface area contributed by atoms with Crippen molar-refractivity contribution >= 4 is 0 Å². The zero-order valence-electron chi connectivity index (χ0n) is 13.9. The zero-order valence-corrected chi connectivity index (χ0v) is 13.9. The number of likely N-dealkylation sites (N-methyl/N-ethyl adjacent to an activating group) is 1. The highest BCUT2D eigenvalue weighted by Gasteiger charge is 2.29. The Bertz CT molecular complexity index is 422. The fourth-order valence-corrected chi connectivity index (χ4v) is 2.99. The van der Waals surface area contributed by atoms with Crippen LogP contribution in [0.15, 0.2) is 16.5 Å². The van der Waals surface area contributed by atoms with Gasteiger partial charge in [0.2, 0.25) is 0 Å². The first-order valence-corrected chi connectivity index (χ1v) is 7.90. The normalized spacial score (nSPS) is 20.9. The van der Waals surface area contributed by atoms with E-state index in [1.165, 1.54) is 0 Å². The summed E-state index contributed by atoms with van der Waals surface area (Å²) in [4.78, 5) is 7.24. The average molecular weight is 294 g/mol. The van der Waals surface area contributed by atoms with Gasteiger partial charge in [0, 0.05) is 45.3 Å². The summed E-state index contributed by atoms with van der Waals surface area (Å²) < 4.78 is 5.82. The van der Waals surface area contributed by atoms with Crippen LogP contribution in [0.25, 0.3) is 0 Å². The molecular weight excluding hydrogens is 264 g/mol. The zero-order chi connectivity index (χ0) is 15.4. The minimum Gasteiger partial charge on any atom is -0.465 e. The molecule has 120 valence electrons. The van der Waals surface area contributed by atoms with E-state index in [9.17, 15) is 0 Å². The molecule has 2 N–H and O–H groups in total. The van der Waals surface area contributed by atoms with Crippen molar-refractivity contribution in [2.24, 2.45) is 5.73 Å². The number of piperazine rings is 1. The maximum atomic E-state index is 6.22. The molecule has 2 heterocycles. The van der Waals surface area contributed by atoms with Crippen LogP contribution in [0, 0.1) is 6.92 Å². The van der Waals surface area contributed by atoms with E-state index >= 15 is 0 Å². The summed E-state index contributed by atoms with van der Waals surface area (Å²) in [5.41, 5.74) is 6.22. The molecule has 1 saturated heterocycles. The quantitative estimate of drug-likeness (QED) is 0.853. The second-order valence-corrected chi connectivity index (χ2v) is 6.43. The Morgan fingerprint density at radius 2 is 1.90 bits per heavy atom. The van der Waals surface area contributed by atoms with Crippen molar-refractivity contribution in [3.05, 3.63) is 23.7 Å². The minimum atomic E-state index is 0.0730. The molecule has 2 rings (SSSR count). The summed E-state index contributed by atoms with van der Waals surface area (Å²) in [6.45, 7) is 10.6. The van der Waals surface area contributed by atoms with Gasteiger partial charge >= 0.3 is 0 Å². The number of rotatable bonds is 6. The van der Waals surface area contributed by atoms with Crippen molar-refractivity contribution in [3.8, 4) is 0 Å². The van der Waals surface area contributed by atoms with Crippen molar-refractivity contribution in [1.82, 2.24) is 14.7 Å². The van der Waals surface area contributed by atoms with Gasteiger partial charge in [0.1, 0.15) is 11.5 Å². The Labute approximate surface area is 128 Å². The Morgan fingerprint density at radius 3 is 2.38 bits per heavy atom. The molecule has 5 nitrogen and oxygen atoms in total. The van der Waals surface area contributed by atoms with Crippen LogP contribution in [0.4, 0.5) is 0 Å². The van der Waals surface area contributed by atoms with Crippen LogP contribution >= 0.6 is 0 Å². The summed E-state index contributed by atoms with van der Waals surface area (Å²) in [6, 6.07) is 4.36. The van der Waals surface area contributed by atoms with Crippen LogP contribution in [0.5, 0.6) is 0 Å². The first-order chi connectivity index (χ1) is 9.97. The Balaban J connectivity index is 1.92. The lowest BCUT2D eigenvalue weighted by atomic mass is 10.0. The van der Waals surface area contributed by atoms with Gasteiger partial charge in [-0.25, -0.2) is 0 Å². The lowest BCUT2D eigenvalue weighted by Crippen LogP contribution is -2.51. The second kappa shape index (κ2) is 7.40. The smallest absolute Gasteiger partial charge is 0.122 e. The van der Waals surface area contributed by atoms with E-state index in [2.05, 4.69) is 41.8 Å². The van der Waals surface area contributed by atoms with Gasteiger partial charge in [-0.2, -0.15) is 0 Å². The summed E-state index contributed by atoms with van der Waals surface area (Å²) in [6.07, 6.45) is 0. The molecule has 0 aromatic carbocycles. The van der Waals surface area contributed by atoms with Gasteiger partial charge in [-0.3, -0.25) is 9.80 Å². The third kappa shape index (κ3) is 4.54. The number of aryl methyl sites for hydroxylation is 1. The maximum absolute atomic E-state index is 6.22. The molecule has 0 radical (unpaired) electrons. The number of nitrogens with zero attached hydrogens (tertiary/aromatic N) is 3. The predicted octanol–water partition coefficient (Wildman–Crippen LogP) is 1.16. The van der Waals surface area contributed by atoms with Crippen molar-refractivity contribution in [1.29, 1.82) is 0 Å². The van der Waals surface area contributed by atoms with Crippen LogP contribution in [0.3, 0.4) is 0 Å². The maximum Gasteiger partial charge on any atom is 0.122 e.